The maximum absolute atomic E-state index is 11.0. The van der Waals surface area contributed by atoms with Crippen LogP contribution in [0.5, 0.6) is 0 Å². The first-order chi connectivity index (χ1) is 6.26. The van der Waals surface area contributed by atoms with E-state index in [9.17, 15) is 4.79 Å². The van der Waals surface area contributed by atoms with Crippen LogP contribution in [-0.4, -0.2) is 47.7 Å². The maximum Gasteiger partial charge on any atom is 0.336 e. The molecule has 0 heterocycles. The number of hydrogen-bond acceptors (Lipinski definition) is 5. The Morgan fingerprint density at radius 1 is 1.31 bits per heavy atom. The highest BCUT2D eigenvalue weighted by atomic mass is 16.5. The fraction of sp³-hybridized carbons (Fsp3) is 0.625. The van der Waals surface area contributed by atoms with Gasteiger partial charge in [0.2, 0.25) is 0 Å². The molecule has 0 rings (SSSR count). The van der Waals surface area contributed by atoms with Crippen LogP contribution >= 0.6 is 0 Å². The van der Waals surface area contributed by atoms with Gasteiger partial charge in [0.15, 0.2) is 0 Å². The fourth-order valence-corrected chi connectivity index (χ4v) is 0.645. The predicted molar refractivity (Wildman–Crippen MR) is 44.9 cm³/mol. The third-order valence-electron chi connectivity index (χ3n) is 1.31. The number of hydrogen-bond donors (Lipinski definition) is 3. The van der Waals surface area contributed by atoms with Crippen molar-refractivity contribution in [2.75, 3.05) is 26.4 Å². The third kappa shape index (κ3) is 5.35. The molecule has 0 radical (unpaired) electrons. The molecule has 0 aliphatic heterocycles. The van der Waals surface area contributed by atoms with Gasteiger partial charge in [-0.3, -0.25) is 0 Å². The van der Waals surface area contributed by atoms with Crippen molar-refractivity contribution in [2.45, 2.75) is 6.42 Å². The monoisotopic (exact) mass is 190 g/mol. The van der Waals surface area contributed by atoms with Crippen molar-refractivity contribution in [3.8, 4) is 0 Å². The lowest BCUT2D eigenvalue weighted by atomic mass is 10.3. The first kappa shape index (κ1) is 12.1. The molecule has 3 N–H and O–H groups in total. The number of esters is 1. The molecule has 0 aromatic heterocycles. The number of carbonyl (C=O) groups excluding carboxylic acids is 1. The lowest BCUT2D eigenvalue weighted by molar-refractivity contribution is -0.139. The molecule has 0 unspecified atom stereocenters. The zero-order valence-electron chi connectivity index (χ0n) is 7.27. The molecule has 5 heteroatoms. The van der Waals surface area contributed by atoms with Gasteiger partial charge in [0, 0.05) is 13.0 Å². The second-order valence-electron chi connectivity index (χ2n) is 2.28. The second kappa shape index (κ2) is 7.72. The summed E-state index contributed by atoms with van der Waals surface area (Å²) in [4.78, 5) is 11.0. The van der Waals surface area contributed by atoms with Crippen LogP contribution in [0.2, 0.25) is 0 Å². The molecule has 5 nitrogen and oxygen atoms in total. The summed E-state index contributed by atoms with van der Waals surface area (Å²) in [5.74, 6) is -0.662. The predicted octanol–water partition coefficient (Wildman–Crippen LogP) is -1.18. The average Bonchev–Trinajstić information content (AvgIpc) is 2.14. The minimum atomic E-state index is -0.662. The number of rotatable bonds is 6. The molecule has 0 amide bonds. The maximum atomic E-state index is 11.0. The minimum absolute atomic E-state index is 0.0282. The number of aliphatic hydroxyl groups is 3. The van der Waals surface area contributed by atoms with Crippen molar-refractivity contribution in [3.05, 3.63) is 11.6 Å². The number of ether oxygens (including phenoxy) is 1. The largest absolute Gasteiger partial charge is 0.462 e. The van der Waals surface area contributed by atoms with Gasteiger partial charge in [0.1, 0.15) is 0 Å². The Morgan fingerprint density at radius 2 is 2.00 bits per heavy atom. The van der Waals surface area contributed by atoms with Crippen LogP contribution in [0.15, 0.2) is 11.6 Å². The summed E-state index contributed by atoms with van der Waals surface area (Å²) >= 11 is 0. The van der Waals surface area contributed by atoms with Gasteiger partial charge in [0.05, 0.1) is 25.4 Å². The van der Waals surface area contributed by atoms with E-state index in [1.54, 1.807) is 0 Å². The van der Waals surface area contributed by atoms with Crippen LogP contribution in [-0.2, 0) is 9.53 Å². The molecule has 0 saturated heterocycles. The molecule has 0 bridgehead atoms. The van der Waals surface area contributed by atoms with Crippen molar-refractivity contribution in [1.29, 1.82) is 0 Å². The normalized spacial score (nSPS) is 11.5. The van der Waals surface area contributed by atoms with E-state index in [2.05, 4.69) is 4.74 Å². The topological polar surface area (TPSA) is 87.0 Å². The van der Waals surface area contributed by atoms with Gasteiger partial charge in [0.25, 0.3) is 0 Å². The quantitative estimate of drug-likeness (QED) is 0.279. The molecular weight excluding hydrogens is 176 g/mol. The SMILES string of the molecule is O=C(OCCCO)C(=CCO)CO. The summed E-state index contributed by atoms with van der Waals surface area (Å²) in [7, 11) is 0. The van der Waals surface area contributed by atoms with E-state index in [1.165, 1.54) is 6.08 Å². The first-order valence-corrected chi connectivity index (χ1v) is 3.95. The molecule has 0 aliphatic rings. The zero-order valence-corrected chi connectivity index (χ0v) is 7.27. The van der Waals surface area contributed by atoms with Crippen LogP contribution in [0.1, 0.15) is 6.42 Å². The van der Waals surface area contributed by atoms with Gasteiger partial charge < -0.3 is 20.1 Å². The molecule has 76 valence electrons. The zero-order chi connectivity index (χ0) is 10.1. The van der Waals surface area contributed by atoms with E-state index in [-0.39, 0.29) is 25.4 Å². The van der Waals surface area contributed by atoms with E-state index >= 15 is 0 Å². The number of aliphatic hydroxyl groups excluding tert-OH is 3. The molecule has 0 spiro atoms. The Labute approximate surface area is 76.3 Å². The van der Waals surface area contributed by atoms with Crippen LogP contribution in [0.3, 0.4) is 0 Å². The van der Waals surface area contributed by atoms with Gasteiger partial charge in [-0.25, -0.2) is 4.79 Å². The van der Waals surface area contributed by atoms with Crippen LogP contribution in [0.4, 0.5) is 0 Å². The van der Waals surface area contributed by atoms with Crippen LogP contribution in [0.25, 0.3) is 0 Å². The summed E-state index contributed by atoms with van der Waals surface area (Å²) in [6, 6.07) is 0. The van der Waals surface area contributed by atoms with Crippen molar-refractivity contribution >= 4 is 5.97 Å². The van der Waals surface area contributed by atoms with Gasteiger partial charge in [-0.1, -0.05) is 0 Å². The highest BCUT2D eigenvalue weighted by molar-refractivity contribution is 5.88. The van der Waals surface area contributed by atoms with Crippen LogP contribution in [0, 0.1) is 0 Å². The van der Waals surface area contributed by atoms with E-state index in [0.29, 0.717) is 6.42 Å². The summed E-state index contributed by atoms with van der Waals surface area (Å²) < 4.78 is 4.65. The van der Waals surface area contributed by atoms with E-state index in [4.69, 9.17) is 15.3 Å². The summed E-state index contributed by atoms with van der Waals surface area (Å²) in [6.45, 7) is -0.715. The van der Waals surface area contributed by atoms with Gasteiger partial charge in [-0.05, 0) is 6.08 Å². The number of carbonyl (C=O) groups is 1. The molecule has 13 heavy (non-hydrogen) atoms. The van der Waals surface area contributed by atoms with Gasteiger partial charge in [-0.2, -0.15) is 0 Å². The Hall–Kier alpha value is -0.910. The molecule has 0 aromatic carbocycles. The highest BCUT2D eigenvalue weighted by Crippen LogP contribution is 1.97. The molecule has 0 fully saturated rings. The summed E-state index contributed by atoms with van der Waals surface area (Å²) in [6.07, 6.45) is 1.55. The van der Waals surface area contributed by atoms with Crippen molar-refractivity contribution < 1.29 is 24.9 Å². The highest BCUT2D eigenvalue weighted by Gasteiger charge is 2.08. The lowest BCUT2D eigenvalue weighted by Gasteiger charge is -2.04. The van der Waals surface area contributed by atoms with Crippen LogP contribution < -0.4 is 0 Å². The molecule has 0 saturated carbocycles. The standard InChI is InChI=1S/C8H14O5/c9-3-1-5-13-8(12)7(6-11)2-4-10/h2,9-11H,1,3-6H2. The summed E-state index contributed by atoms with van der Waals surface area (Å²) in [5.41, 5.74) is 0.0282. The fourth-order valence-electron chi connectivity index (χ4n) is 0.645. The Morgan fingerprint density at radius 3 is 2.46 bits per heavy atom. The van der Waals surface area contributed by atoms with E-state index in [0.717, 1.165) is 0 Å². The van der Waals surface area contributed by atoms with E-state index < -0.39 is 12.6 Å². The van der Waals surface area contributed by atoms with E-state index in [1.807, 2.05) is 0 Å². The lowest BCUT2D eigenvalue weighted by Crippen LogP contribution is -2.13. The average molecular weight is 190 g/mol. The molecule has 0 aromatic rings. The third-order valence-corrected chi connectivity index (χ3v) is 1.31. The minimum Gasteiger partial charge on any atom is -0.462 e. The molecule has 0 atom stereocenters. The van der Waals surface area contributed by atoms with Crippen molar-refractivity contribution in [2.24, 2.45) is 0 Å². The first-order valence-electron chi connectivity index (χ1n) is 3.95. The summed E-state index contributed by atoms with van der Waals surface area (Å²) in [5, 5.41) is 25.5. The van der Waals surface area contributed by atoms with Crippen molar-refractivity contribution in [3.63, 3.8) is 0 Å². The Bertz CT molecular complexity index is 175. The van der Waals surface area contributed by atoms with Crippen molar-refractivity contribution in [1.82, 2.24) is 0 Å². The smallest absolute Gasteiger partial charge is 0.336 e. The molecular formula is C8H14O5. The van der Waals surface area contributed by atoms with Gasteiger partial charge in [-0.15, -0.1) is 0 Å². The van der Waals surface area contributed by atoms with Gasteiger partial charge >= 0.3 is 5.97 Å². The Kier molecular flexibility index (Phi) is 7.18. The second-order valence-corrected chi connectivity index (χ2v) is 2.28. The Balaban J connectivity index is 3.85. The molecule has 0 aliphatic carbocycles.